The van der Waals surface area contributed by atoms with Crippen LogP contribution in [0.25, 0.3) is 10.2 Å². The summed E-state index contributed by atoms with van der Waals surface area (Å²) in [5.74, 6) is -0.0913. The number of hydrogen-bond donors (Lipinski definition) is 0. The SMILES string of the molecule is CCc1cc2c(C(C#N)CCl)ncnc2s1. The zero-order chi connectivity index (χ0) is 11.5. The standard InChI is InChI=1S/C11H10ClN3S/c1-2-8-3-9-10(7(4-12)5-13)14-6-15-11(9)16-8/h3,6-7H,2,4H2,1H3. The van der Waals surface area contributed by atoms with E-state index in [1.54, 1.807) is 11.3 Å². The van der Waals surface area contributed by atoms with E-state index >= 15 is 0 Å². The van der Waals surface area contributed by atoms with Gasteiger partial charge >= 0.3 is 0 Å². The Hall–Kier alpha value is -1.18. The van der Waals surface area contributed by atoms with Crippen molar-refractivity contribution in [2.24, 2.45) is 0 Å². The molecule has 0 saturated heterocycles. The maximum Gasteiger partial charge on any atom is 0.127 e. The fraction of sp³-hybridized carbons (Fsp3) is 0.364. The molecule has 0 bridgehead atoms. The van der Waals surface area contributed by atoms with Crippen LogP contribution < -0.4 is 0 Å². The van der Waals surface area contributed by atoms with Crippen LogP contribution in [-0.2, 0) is 6.42 Å². The minimum Gasteiger partial charge on any atom is -0.239 e. The van der Waals surface area contributed by atoms with E-state index in [2.05, 4.69) is 29.0 Å². The molecule has 0 aliphatic rings. The van der Waals surface area contributed by atoms with E-state index in [0.717, 1.165) is 22.3 Å². The Morgan fingerprint density at radius 1 is 1.56 bits per heavy atom. The second kappa shape index (κ2) is 4.77. The number of alkyl halides is 1. The van der Waals surface area contributed by atoms with Crippen LogP contribution in [-0.4, -0.2) is 15.8 Å². The Kier molecular flexibility index (Phi) is 3.37. The average molecular weight is 252 g/mol. The summed E-state index contributed by atoms with van der Waals surface area (Å²) < 4.78 is 0. The highest BCUT2D eigenvalue weighted by molar-refractivity contribution is 7.18. The maximum atomic E-state index is 9.01. The number of halogens is 1. The highest BCUT2D eigenvalue weighted by Crippen LogP contribution is 2.29. The van der Waals surface area contributed by atoms with E-state index in [4.69, 9.17) is 16.9 Å². The summed E-state index contributed by atoms with van der Waals surface area (Å²) in [4.78, 5) is 10.6. The van der Waals surface area contributed by atoms with E-state index in [1.165, 1.54) is 11.2 Å². The van der Waals surface area contributed by atoms with Gasteiger partial charge in [0.15, 0.2) is 0 Å². The fourth-order valence-corrected chi connectivity index (χ4v) is 2.70. The number of rotatable bonds is 3. The molecular weight excluding hydrogens is 242 g/mol. The number of fused-ring (bicyclic) bond motifs is 1. The smallest absolute Gasteiger partial charge is 0.127 e. The molecule has 0 aliphatic carbocycles. The largest absolute Gasteiger partial charge is 0.239 e. The molecular formula is C11H10ClN3S. The van der Waals surface area contributed by atoms with E-state index in [1.807, 2.05) is 0 Å². The highest BCUT2D eigenvalue weighted by atomic mass is 35.5. The molecule has 1 unspecified atom stereocenters. The van der Waals surface area contributed by atoms with Gasteiger partial charge in [-0.2, -0.15) is 5.26 Å². The first-order valence-corrected chi connectivity index (χ1v) is 6.34. The van der Waals surface area contributed by atoms with Crippen molar-refractivity contribution >= 4 is 33.2 Å². The molecule has 16 heavy (non-hydrogen) atoms. The predicted octanol–water partition coefficient (Wildman–Crippen LogP) is 3.10. The van der Waals surface area contributed by atoms with Crippen LogP contribution in [0.1, 0.15) is 23.4 Å². The van der Waals surface area contributed by atoms with Crippen LogP contribution in [0, 0.1) is 11.3 Å². The Morgan fingerprint density at radius 3 is 3.00 bits per heavy atom. The van der Waals surface area contributed by atoms with Crippen molar-refractivity contribution in [1.82, 2.24) is 9.97 Å². The third-order valence-corrected chi connectivity index (χ3v) is 3.90. The lowest BCUT2D eigenvalue weighted by Gasteiger charge is -2.04. The third kappa shape index (κ3) is 1.89. The van der Waals surface area contributed by atoms with E-state index in [-0.39, 0.29) is 11.8 Å². The molecule has 0 N–H and O–H groups in total. The molecule has 0 spiro atoms. The molecule has 0 aliphatic heterocycles. The summed E-state index contributed by atoms with van der Waals surface area (Å²) >= 11 is 7.41. The molecule has 2 aromatic heterocycles. The summed E-state index contributed by atoms with van der Waals surface area (Å²) in [5.41, 5.74) is 0.749. The van der Waals surface area contributed by atoms with Gasteiger partial charge in [-0.25, -0.2) is 9.97 Å². The van der Waals surface area contributed by atoms with E-state index < -0.39 is 0 Å². The van der Waals surface area contributed by atoms with Gasteiger partial charge < -0.3 is 0 Å². The summed E-state index contributed by atoms with van der Waals surface area (Å²) in [7, 11) is 0. The monoisotopic (exact) mass is 251 g/mol. The zero-order valence-corrected chi connectivity index (χ0v) is 10.3. The van der Waals surface area contributed by atoms with Gasteiger partial charge in [0.25, 0.3) is 0 Å². The normalized spacial score (nSPS) is 12.6. The molecule has 0 aromatic carbocycles. The van der Waals surface area contributed by atoms with Crippen LogP contribution in [0.3, 0.4) is 0 Å². The first kappa shape index (κ1) is 11.3. The van der Waals surface area contributed by atoms with Crippen molar-refractivity contribution in [3.63, 3.8) is 0 Å². The molecule has 0 amide bonds. The topological polar surface area (TPSA) is 49.6 Å². The van der Waals surface area contributed by atoms with Gasteiger partial charge in [-0.15, -0.1) is 22.9 Å². The average Bonchev–Trinajstić information content (AvgIpc) is 2.74. The van der Waals surface area contributed by atoms with Crippen molar-refractivity contribution < 1.29 is 0 Å². The van der Waals surface area contributed by atoms with Gasteiger partial charge in [0.2, 0.25) is 0 Å². The molecule has 5 heteroatoms. The van der Waals surface area contributed by atoms with Gasteiger partial charge in [0.1, 0.15) is 17.1 Å². The second-order valence-corrected chi connectivity index (χ2v) is 4.80. The molecule has 0 fully saturated rings. The number of nitriles is 1. The number of thiophene rings is 1. The van der Waals surface area contributed by atoms with Gasteiger partial charge in [0.05, 0.1) is 11.8 Å². The van der Waals surface area contributed by atoms with Crippen LogP contribution in [0.2, 0.25) is 0 Å². The van der Waals surface area contributed by atoms with Crippen LogP contribution in [0.5, 0.6) is 0 Å². The van der Waals surface area contributed by atoms with Gasteiger partial charge in [0, 0.05) is 16.1 Å². The summed E-state index contributed by atoms with van der Waals surface area (Å²) in [6.07, 6.45) is 2.48. The molecule has 2 heterocycles. The number of hydrogen-bond acceptors (Lipinski definition) is 4. The van der Waals surface area contributed by atoms with Gasteiger partial charge in [-0.1, -0.05) is 6.92 Å². The van der Waals surface area contributed by atoms with Crippen molar-refractivity contribution in [2.75, 3.05) is 5.88 Å². The molecule has 2 aromatic rings. The van der Waals surface area contributed by atoms with Crippen molar-refractivity contribution in [2.45, 2.75) is 19.3 Å². The Bertz CT molecular complexity index is 544. The Labute approximate surface area is 103 Å². The summed E-state index contributed by atoms with van der Waals surface area (Å²) in [6, 6.07) is 4.23. The summed E-state index contributed by atoms with van der Waals surface area (Å²) in [5, 5.41) is 9.98. The quantitative estimate of drug-likeness (QED) is 0.788. The lowest BCUT2D eigenvalue weighted by Crippen LogP contribution is -2.01. The Morgan fingerprint density at radius 2 is 2.38 bits per heavy atom. The van der Waals surface area contributed by atoms with E-state index in [0.29, 0.717) is 0 Å². The number of aryl methyl sites for hydroxylation is 1. The van der Waals surface area contributed by atoms with Crippen molar-refractivity contribution in [1.29, 1.82) is 5.26 Å². The summed E-state index contributed by atoms with van der Waals surface area (Å²) in [6.45, 7) is 2.10. The van der Waals surface area contributed by atoms with Crippen LogP contribution >= 0.6 is 22.9 Å². The highest BCUT2D eigenvalue weighted by Gasteiger charge is 2.16. The number of aromatic nitrogens is 2. The lowest BCUT2D eigenvalue weighted by atomic mass is 10.1. The van der Waals surface area contributed by atoms with Crippen LogP contribution in [0.4, 0.5) is 0 Å². The first-order chi connectivity index (χ1) is 7.80. The minimum atomic E-state index is -0.355. The second-order valence-electron chi connectivity index (χ2n) is 3.38. The zero-order valence-electron chi connectivity index (χ0n) is 8.77. The first-order valence-electron chi connectivity index (χ1n) is 4.99. The Balaban J connectivity index is 2.61. The van der Waals surface area contributed by atoms with Gasteiger partial charge in [-0.05, 0) is 12.5 Å². The molecule has 0 radical (unpaired) electrons. The molecule has 1 atom stereocenters. The van der Waals surface area contributed by atoms with Crippen LogP contribution in [0.15, 0.2) is 12.4 Å². The third-order valence-electron chi connectivity index (χ3n) is 2.40. The van der Waals surface area contributed by atoms with Gasteiger partial charge in [-0.3, -0.25) is 0 Å². The molecule has 82 valence electrons. The maximum absolute atomic E-state index is 9.01. The van der Waals surface area contributed by atoms with Crippen molar-refractivity contribution in [3.8, 4) is 6.07 Å². The fourth-order valence-electron chi connectivity index (χ4n) is 1.54. The predicted molar refractivity (Wildman–Crippen MR) is 65.9 cm³/mol. The molecule has 2 rings (SSSR count). The minimum absolute atomic E-state index is 0.264. The molecule has 3 nitrogen and oxygen atoms in total. The van der Waals surface area contributed by atoms with Crippen molar-refractivity contribution in [3.05, 3.63) is 23.0 Å². The molecule has 0 saturated carbocycles. The lowest BCUT2D eigenvalue weighted by molar-refractivity contribution is 0.932. The van der Waals surface area contributed by atoms with E-state index in [9.17, 15) is 0 Å². The number of nitrogens with zero attached hydrogens (tertiary/aromatic N) is 3.